The first kappa shape index (κ1) is 17.0. The molecule has 0 atom stereocenters. The molecule has 0 radical (unpaired) electrons. The second-order valence-corrected chi connectivity index (χ2v) is 6.42. The van der Waals surface area contributed by atoms with Crippen LogP contribution < -0.4 is 9.47 Å². The lowest BCUT2D eigenvalue weighted by molar-refractivity contribution is -0.129. The minimum atomic E-state index is -0.468. The van der Waals surface area contributed by atoms with E-state index in [2.05, 4.69) is 11.6 Å². The first-order valence-corrected chi connectivity index (χ1v) is 8.46. The van der Waals surface area contributed by atoms with Crippen molar-refractivity contribution in [3.05, 3.63) is 64.0 Å². The highest BCUT2D eigenvalue weighted by atomic mass is 32.1. The van der Waals surface area contributed by atoms with Gasteiger partial charge in [0.25, 0.3) is 0 Å². The molecule has 1 aromatic carbocycles. The summed E-state index contributed by atoms with van der Waals surface area (Å²) in [7, 11) is 1.57. The number of thiophene rings is 1. The predicted molar refractivity (Wildman–Crippen MR) is 98.2 cm³/mol. The Kier molecular flexibility index (Phi) is 5.00. The summed E-state index contributed by atoms with van der Waals surface area (Å²) in [4.78, 5) is 17.1. The van der Waals surface area contributed by atoms with Crippen molar-refractivity contribution < 1.29 is 19.0 Å². The highest BCUT2D eigenvalue weighted by Gasteiger charge is 2.24. The van der Waals surface area contributed by atoms with Gasteiger partial charge in [0.1, 0.15) is 6.61 Å². The molecule has 0 saturated heterocycles. The quantitative estimate of drug-likeness (QED) is 0.445. The maximum atomic E-state index is 12.0. The van der Waals surface area contributed by atoms with Gasteiger partial charge in [-0.2, -0.15) is 0 Å². The molecule has 0 aliphatic carbocycles. The minimum Gasteiger partial charge on any atom is -0.493 e. The lowest BCUT2D eigenvalue weighted by Gasteiger charge is -2.11. The molecule has 1 aliphatic heterocycles. The first-order chi connectivity index (χ1) is 12.1. The number of esters is 1. The third-order valence-corrected chi connectivity index (χ3v) is 4.18. The van der Waals surface area contributed by atoms with Crippen LogP contribution >= 0.6 is 11.3 Å². The average Bonchev–Trinajstić information content (AvgIpc) is 3.24. The summed E-state index contributed by atoms with van der Waals surface area (Å²) in [5.41, 5.74) is 1.93. The lowest BCUT2D eigenvalue weighted by Crippen LogP contribution is -2.03. The molecule has 0 saturated carbocycles. The molecule has 128 valence electrons. The van der Waals surface area contributed by atoms with Gasteiger partial charge < -0.3 is 14.2 Å². The zero-order valence-electron chi connectivity index (χ0n) is 13.9. The number of cyclic esters (lactones) is 1. The third-order valence-electron chi connectivity index (χ3n) is 3.32. The van der Waals surface area contributed by atoms with Crippen LogP contribution in [-0.4, -0.2) is 25.6 Å². The van der Waals surface area contributed by atoms with E-state index < -0.39 is 5.97 Å². The normalized spacial score (nSPS) is 15.0. The predicted octanol–water partition coefficient (Wildman–Crippen LogP) is 4.06. The van der Waals surface area contributed by atoms with E-state index in [1.807, 2.05) is 30.5 Å². The van der Waals surface area contributed by atoms with Crippen LogP contribution in [0.4, 0.5) is 0 Å². The Morgan fingerprint density at radius 3 is 2.88 bits per heavy atom. The summed E-state index contributed by atoms with van der Waals surface area (Å²) in [5, 5.41) is 1.90. The van der Waals surface area contributed by atoms with E-state index in [-0.39, 0.29) is 5.70 Å². The average molecular weight is 355 g/mol. The van der Waals surface area contributed by atoms with Crippen molar-refractivity contribution >= 4 is 29.3 Å². The number of ether oxygens (including phenoxy) is 3. The number of hydrogen-bond acceptors (Lipinski definition) is 6. The van der Waals surface area contributed by atoms with Gasteiger partial charge in [-0.1, -0.05) is 18.7 Å². The van der Waals surface area contributed by atoms with Gasteiger partial charge in [-0.15, -0.1) is 11.3 Å². The Morgan fingerprint density at radius 1 is 1.36 bits per heavy atom. The maximum Gasteiger partial charge on any atom is 0.363 e. The van der Waals surface area contributed by atoms with Gasteiger partial charge in [-0.05, 0) is 47.7 Å². The van der Waals surface area contributed by atoms with Gasteiger partial charge in [0.2, 0.25) is 5.90 Å². The van der Waals surface area contributed by atoms with Crippen LogP contribution in [-0.2, 0) is 9.53 Å². The Morgan fingerprint density at radius 2 is 2.20 bits per heavy atom. The van der Waals surface area contributed by atoms with E-state index in [0.717, 1.165) is 16.0 Å². The Bertz CT molecular complexity index is 866. The second-order valence-electron chi connectivity index (χ2n) is 5.47. The summed E-state index contributed by atoms with van der Waals surface area (Å²) < 4.78 is 16.2. The molecule has 0 amide bonds. The van der Waals surface area contributed by atoms with Crippen LogP contribution in [0.2, 0.25) is 0 Å². The molecule has 0 spiro atoms. The molecule has 25 heavy (non-hydrogen) atoms. The fraction of sp³-hybridized carbons (Fsp3) is 0.158. The van der Waals surface area contributed by atoms with Gasteiger partial charge in [-0.25, -0.2) is 9.79 Å². The zero-order chi connectivity index (χ0) is 17.8. The summed E-state index contributed by atoms with van der Waals surface area (Å²) in [6.07, 6.45) is 1.66. The molecule has 0 unspecified atom stereocenters. The van der Waals surface area contributed by atoms with Crippen LogP contribution in [0, 0.1) is 0 Å². The topological polar surface area (TPSA) is 57.1 Å². The van der Waals surface area contributed by atoms with Crippen LogP contribution in [0.5, 0.6) is 11.5 Å². The Balaban J connectivity index is 1.85. The van der Waals surface area contributed by atoms with Gasteiger partial charge in [0.15, 0.2) is 17.2 Å². The molecule has 0 fully saturated rings. The Hall–Kier alpha value is -2.86. The molecule has 0 N–H and O–H groups in total. The van der Waals surface area contributed by atoms with Crippen molar-refractivity contribution in [3.63, 3.8) is 0 Å². The van der Waals surface area contributed by atoms with Crippen LogP contribution in [0.25, 0.3) is 6.08 Å². The lowest BCUT2D eigenvalue weighted by atomic mass is 10.1. The van der Waals surface area contributed by atoms with Gasteiger partial charge >= 0.3 is 5.97 Å². The number of rotatable bonds is 6. The minimum absolute atomic E-state index is 0.251. The molecule has 1 aliphatic rings. The summed E-state index contributed by atoms with van der Waals surface area (Å²) in [5.74, 6) is 1.05. The summed E-state index contributed by atoms with van der Waals surface area (Å²) in [6.45, 7) is 6.11. The van der Waals surface area contributed by atoms with Crippen molar-refractivity contribution in [1.82, 2.24) is 0 Å². The monoisotopic (exact) mass is 355 g/mol. The fourth-order valence-electron chi connectivity index (χ4n) is 2.17. The Labute approximate surface area is 149 Å². The van der Waals surface area contributed by atoms with E-state index in [1.54, 1.807) is 25.3 Å². The molecule has 6 heteroatoms. The number of nitrogens with zero attached hydrogens (tertiary/aromatic N) is 1. The highest BCUT2D eigenvalue weighted by molar-refractivity contribution is 7.12. The maximum absolute atomic E-state index is 12.0. The van der Waals surface area contributed by atoms with E-state index in [1.165, 1.54) is 11.3 Å². The van der Waals surface area contributed by atoms with Crippen molar-refractivity contribution in [3.8, 4) is 11.5 Å². The number of aliphatic imine (C=N–C) groups is 1. The van der Waals surface area contributed by atoms with E-state index in [9.17, 15) is 4.79 Å². The standard InChI is InChI=1S/C19H17NO4S/c1-12(2)11-23-15-7-6-13(10-16(15)22-3)9-14-19(21)24-18(20-14)17-5-4-8-25-17/h4-10H,1,11H2,2-3H3/b14-9+. The summed E-state index contributed by atoms with van der Waals surface area (Å²) >= 11 is 1.47. The molecule has 2 aromatic rings. The second kappa shape index (κ2) is 7.36. The number of hydrogen-bond donors (Lipinski definition) is 0. The van der Waals surface area contributed by atoms with Gasteiger partial charge in [0, 0.05) is 0 Å². The number of benzene rings is 1. The largest absolute Gasteiger partial charge is 0.493 e. The number of methoxy groups -OCH3 is 1. The smallest absolute Gasteiger partial charge is 0.363 e. The SMILES string of the molecule is C=C(C)COc1ccc(/C=C2/N=C(c3cccs3)OC2=O)cc1OC. The molecule has 3 rings (SSSR count). The van der Waals surface area contributed by atoms with E-state index in [4.69, 9.17) is 14.2 Å². The zero-order valence-corrected chi connectivity index (χ0v) is 14.8. The molecule has 1 aromatic heterocycles. The van der Waals surface area contributed by atoms with E-state index >= 15 is 0 Å². The fourth-order valence-corrected chi connectivity index (χ4v) is 2.82. The molecular weight excluding hydrogens is 338 g/mol. The number of carbonyl (C=O) groups excluding carboxylic acids is 1. The van der Waals surface area contributed by atoms with Crippen LogP contribution in [0.3, 0.4) is 0 Å². The van der Waals surface area contributed by atoms with Gasteiger partial charge in [-0.3, -0.25) is 0 Å². The summed E-state index contributed by atoms with van der Waals surface area (Å²) in [6, 6.07) is 9.14. The van der Waals surface area contributed by atoms with Crippen molar-refractivity contribution in [2.75, 3.05) is 13.7 Å². The molecular formula is C19H17NO4S. The molecule has 0 bridgehead atoms. The van der Waals surface area contributed by atoms with E-state index in [0.29, 0.717) is 24.0 Å². The third kappa shape index (κ3) is 3.97. The number of carbonyl (C=O) groups is 1. The van der Waals surface area contributed by atoms with Crippen molar-refractivity contribution in [1.29, 1.82) is 0 Å². The van der Waals surface area contributed by atoms with Crippen molar-refractivity contribution in [2.45, 2.75) is 6.92 Å². The van der Waals surface area contributed by atoms with Crippen molar-refractivity contribution in [2.24, 2.45) is 4.99 Å². The highest BCUT2D eigenvalue weighted by Crippen LogP contribution is 2.30. The van der Waals surface area contributed by atoms with Crippen LogP contribution in [0.15, 0.2) is 58.6 Å². The first-order valence-electron chi connectivity index (χ1n) is 7.58. The molecule has 2 heterocycles. The molecule has 5 nitrogen and oxygen atoms in total. The van der Waals surface area contributed by atoms with Gasteiger partial charge in [0.05, 0.1) is 12.0 Å². The van der Waals surface area contributed by atoms with Crippen LogP contribution in [0.1, 0.15) is 17.4 Å².